The van der Waals surface area contributed by atoms with Gasteiger partial charge >= 0.3 is 0 Å². The summed E-state index contributed by atoms with van der Waals surface area (Å²) in [5.74, 6) is 2.54. The lowest BCUT2D eigenvalue weighted by Gasteiger charge is -2.32. The monoisotopic (exact) mass is 405 g/mol. The van der Waals surface area contributed by atoms with Crippen molar-refractivity contribution >= 4 is 29.9 Å². The second kappa shape index (κ2) is 8.31. The van der Waals surface area contributed by atoms with Crippen LogP contribution in [0, 0.1) is 0 Å². The molecule has 0 bridgehead atoms. The zero-order valence-corrected chi connectivity index (χ0v) is 15.4. The average Bonchev–Trinajstić information content (AvgIpc) is 2.50. The molecule has 118 valence electrons. The molecule has 0 unspecified atom stereocenters. The first-order valence-electron chi connectivity index (χ1n) is 6.92. The van der Waals surface area contributed by atoms with Crippen molar-refractivity contribution < 1.29 is 9.47 Å². The van der Waals surface area contributed by atoms with Crippen LogP contribution in [0.4, 0.5) is 0 Å². The quantitative estimate of drug-likeness (QED) is 0.476. The minimum Gasteiger partial charge on any atom is -0.493 e. The minimum atomic E-state index is 0. The number of halogens is 1. The SMILES string of the molecule is CCNC(=NC)N1CCc2cc(OC)c(OC)cc2C1.I. The number of aliphatic imine (C=N–C) groups is 1. The summed E-state index contributed by atoms with van der Waals surface area (Å²) < 4.78 is 10.7. The summed E-state index contributed by atoms with van der Waals surface area (Å²) >= 11 is 0. The molecule has 1 aromatic carbocycles. The first kappa shape index (κ1) is 17.9. The highest BCUT2D eigenvalue weighted by Crippen LogP contribution is 2.33. The van der Waals surface area contributed by atoms with Crippen LogP contribution < -0.4 is 14.8 Å². The van der Waals surface area contributed by atoms with Gasteiger partial charge in [-0.3, -0.25) is 4.99 Å². The van der Waals surface area contributed by atoms with Gasteiger partial charge in [0.15, 0.2) is 17.5 Å². The molecule has 6 heteroatoms. The molecule has 0 atom stereocenters. The van der Waals surface area contributed by atoms with Gasteiger partial charge in [-0.25, -0.2) is 0 Å². The largest absolute Gasteiger partial charge is 0.493 e. The Hall–Kier alpha value is -1.18. The van der Waals surface area contributed by atoms with E-state index in [1.807, 2.05) is 7.05 Å². The lowest BCUT2D eigenvalue weighted by molar-refractivity contribution is 0.346. The zero-order valence-electron chi connectivity index (χ0n) is 13.1. The Morgan fingerprint density at radius 3 is 2.38 bits per heavy atom. The molecule has 0 spiro atoms. The highest BCUT2D eigenvalue weighted by molar-refractivity contribution is 14.0. The molecule has 0 aliphatic carbocycles. The molecule has 0 saturated carbocycles. The molecule has 1 aliphatic heterocycles. The van der Waals surface area contributed by atoms with Crippen LogP contribution in [0.25, 0.3) is 0 Å². The number of benzene rings is 1. The summed E-state index contributed by atoms with van der Waals surface area (Å²) in [7, 11) is 5.16. The van der Waals surface area contributed by atoms with Gasteiger partial charge in [0.1, 0.15) is 0 Å². The summed E-state index contributed by atoms with van der Waals surface area (Å²) in [4.78, 5) is 6.59. The Balaban J connectivity index is 0.00000220. The average molecular weight is 405 g/mol. The lowest BCUT2D eigenvalue weighted by Crippen LogP contribution is -2.43. The van der Waals surface area contributed by atoms with Crippen molar-refractivity contribution in [3.8, 4) is 11.5 Å². The fourth-order valence-corrected chi connectivity index (χ4v) is 2.55. The van der Waals surface area contributed by atoms with E-state index in [2.05, 4.69) is 34.3 Å². The van der Waals surface area contributed by atoms with Crippen molar-refractivity contribution in [2.45, 2.75) is 19.9 Å². The highest BCUT2D eigenvalue weighted by Gasteiger charge is 2.21. The molecule has 5 nitrogen and oxygen atoms in total. The van der Waals surface area contributed by atoms with Crippen molar-refractivity contribution in [1.82, 2.24) is 10.2 Å². The van der Waals surface area contributed by atoms with Crippen molar-refractivity contribution in [3.05, 3.63) is 23.3 Å². The van der Waals surface area contributed by atoms with Gasteiger partial charge in [0.2, 0.25) is 0 Å². The Morgan fingerprint density at radius 1 is 1.24 bits per heavy atom. The number of hydrogen-bond donors (Lipinski definition) is 1. The number of guanidine groups is 1. The summed E-state index contributed by atoms with van der Waals surface area (Å²) in [5, 5.41) is 3.30. The molecule has 1 N–H and O–H groups in total. The van der Waals surface area contributed by atoms with Crippen molar-refractivity contribution in [1.29, 1.82) is 0 Å². The Bertz CT molecular complexity index is 506. The third kappa shape index (κ3) is 3.93. The van der Waals surface area contributed by atoms with Crippen LogP contribution in [0.1, 0.15) is 18.1 Å². The predicted octanol–water partition coefficient (Wildman–Crippen LogP) is 2.28. The van der Waals surface area contributed by atoms with Gasteiger partial charge in [0, 0.05) is 26.7 Å². The molecule has 2 rings (SSSR count). The first-order valence-corrected chi connectivity index (χ1v) is 6.92. The standard InChI is InChI=1S/C15H23N3O2.HI/c1-5-17-15(16-2)18-7-6-11-8-13(19-3)14(20-4)9-12(11)10-18;/h8-9H,5-7,10H2,1-4H3,(H,16,17);1H. The number of nitrogens with zero attached hydrogens (tertiary/aromatic N) is 2. The maximum Gasteiger partial charge on any atom is 0.193 e. The van der Waals surface area contributed by atoms with Gasteiger partial charge in [-0.15, -0.1) is 24.0 Å². The van der Waals surface area contributed by atoms with Gasteiger partial charge in [0.25, 0.3) is 0 Å². The third-order valence-electron chi connectivity index (χ3n) is 3.56. The summed E-state index contributed by atoms with van der Waals surface area (Å²) in [6, 6.07) is 4.15. The number of fused-ring (bicyclic) bond motifs is 1. The third-order valence-corrected chi connectivity index (χ3v) is 3.56. The normalized spacial score (nSPS) is 14.1. The second-order valence-electron chi connectivity index (χ2n) is 4.73. The van der Waals surface area contributed by atoms with Crippen LogP contribution in [-0.2, 0) is 13.0 Å². The Labute approximate surface area is 143 Å². The molecule has 1 aromatic rings. The number of hydrogen-bond acceptors (Lipinski definition) is 3. The summed E-state index contributed by atoms with van der Waals surface area (Å²) in [5.41, 5.74) is 2.60. The Kier molecular flexibility index (Phi) is 7.07. The molecule has 0 fully saturated rings. The van der Waals surface area contributed by atoms with E-state index < -0.39 is 0 Å². The summed E-state index contributed by atoms with van der Waals surface area (Å²) in [6.45, 7) is 4.76. The van der Waals surface area contributed by atoms with Crippen LogP contribution in [0.15, 0.2) is 17.1 Å². The highest BCUT2D eigenvalue weighted by atomic mass is 127. The fourth-order valence-electron chi connectivity index (χ4n) is 2.55. The number of nitrogens with one attached hydrogen (secondary N) is 1. The van der Waals surface area contributed by atoms with Crippen LogP contribution in [0.3, 0.4) is 0 Å². The van der Waals surface area contributed by atoms with Crippen molar-refractivity contribution in [2.24, 2.45) is 4.99 Å². The van der Waals surface area contributed by atoms with Crippen molar-refractivity contribution in [2.75, 3.05) is 34.4 Å². The molecule has 0 radical (unpaired) electrons. The van der Waals surface area contributed by atoms with E-state index in [0.717, 1.165) is 43.5 Å². The van der Waals surface area contributed by atoms with E-state index in [-0.39, 0.29) is 24.0 Å². The van der Waals surface area contributed by atoms with Crippen LogP contribution in [0.2, 0.25) is 0 Å². The molecule has 1 aliphatic rings. The zero-order chi connectivity index (χ0) is 14.5. The topological polar surface area (TPSA) is 46.1 Å². The van der Waals surface area contributed by atoms with Gasteiger partial charge in [-0.05, 0) is 36.6 Å². The predicted molar refractivity (Wildman–Crippen MR) is 96.1 cm³/mol. The lowest BCUT2D eigenvalue weighted by atomic mass is 9.99. The van der Waals surface area contributed by atoms with E-state index in [1.165, 1.54) is 11.1 Å². The van der Waals surface area contributed by atoms with Crippen molar-refractivity contribution in [3.63, 3.8) is 0 Å². The maximum absolute atomic E-state index is 5.38. The molecule has 0 saturated heterocycles. The molecule has 1 heterocycles. The number of ether oxygens (including phenoxy) is 2. The molecular formula is C15H24IN3O2. The molecular weight excluding hydrogens is 381 g/mol. The first-order chi connectivity index (χ1) is 9.73. The number of methoxy groups -OCH3 is 2. The molecule has 0 amide bonds. The van der Waals surface area contributed by atoms with Gasteiger partial charge in [0.05, 0.1) is 14.2 Å². The molecule has 0 aromatic heterocycles. The van der Waals surface area contributed by atoms with Crippen LogP contribution in [-0.4, -0.2) is 45.2 Å². The molecule has 21 heavy (non-hydrogen) atoms. The number of rotatable bonds is 3. The van der Waals surface area contributed by atoms with Gasteiger partial charge < -0.3 is 19.7 Å². The smallest absolute Gasteiger partial charge is 0.193 e. The Morgan fingerprint density at radius 2 is 1.86 bits per heavy atom. The fraction of sp³-hybridized carbons (Fsp3) is 0.533. The van der Waals surface area contributed by atoms with Crippen LogP contribution in [0.5, 0.6) is 11.5 Å². The van der Waals surface area contributed by atoms with E-state index in [0.29, 0.717) is 0 Å². The second-order valence-corrected chi connectivity index (χ2v) is 4.73. The maximum atomic E-state index is 5.38. The van der Waals surface area contributed by atoms with E-state index in [1.54, 1.807) is 14.2 Å². The van der Waals surface area contributed by atoms with Gasteiger partial charge in [-0.1, -0.05) is 0 Å². The minimum absolute atomic E-state index is 0. The van der Waals surface area contributed by atoms with Gasteiger partial charge in [-0.2, -0.15) is 0 Å². The van der Waals surface area contributed by atoms with E-state index >= 15 is 0 Å². The van der Waals surface area contributed by atoms with Crippen LogP contribution >= 0.6 is 24.0 Å². The summed E-state index contributed by atoms with van der Waals surface area (Å²) in [6.07, 6.45) is 0.986. The van der Waals surface area contributed by atoms with E-state index in [4.69, 9.17) is 9.47 Å². The van der Waals surface area contributed by atoms with E-state index in [9.17, 15) is 0 Å².